The summed E-state index contributed by atoms with van der Waals surface area (Å²) in [7, 11) is 0. The fourth-order valence-corrected chi connectivity index (χ4v) is 0.965. The van der Waals surface area contributed by atoms with Gasteiger partial charge in [-0.05, 0) is 23.6 Å². The van der Waals surface area contributed by atoms with Crippen molar-refractivity contribution in [1.29, 1.82) is 0 Å². The van der Waals surface area contributed by atoms with Crippen LogP contribution in [-0.4, -0.2) is 5.78 Å². The Hall–Kier alpha value is -1.26. The number of carbonyl (C=O) groups is 1. The van der Waals surface area contributed by atoms with E-state index in [1.807, 2.05) is 0 Å². The lowest BCUT2D eigenvalue weighted by molar-refractivity contribution is -0.113. The Labute approximate surface area is 76.4 Å². The normalized spacial score (nSPS) is 9.00. The van der Waals surface area contributed by atoms with Gasteiger partial charge in [-0.1, -0.05) is 23.7 Å². The van der Waals surface area contributed by atoms with E-state index < -0.39 is 0 Å². The third-order valence-corrected chi connectivity index (χ3v) is 1.69. The van der Waals surface area contributed by atoms with Crippen molar-refractivity contribution in [1.82, 2.24) is 0 Å². The first-order valence-corrected chi connectivity index (χ1v) is 3.84. The van der Waals surface area contributed by atoms with Gasteiger partial charge >= 0.3 is 0 Å². The van der Waals surface area contributed by atoms with Crippen molar-refractivity contribution in [2.75, 3.05) is 0 Å². The molecule has 0 heterocycles. The van der Waals surface area contributed by atoms with Crippen LogP contribution in [0.1, 0.15) is 5.56 Å². The minimum absolute atomic E-state index is 0.211. The largest absolute Gasteiger partial charge is 0.285 e. The van der Waals surface area contributed by atoms with Gasteiger partial charge in [-0.3, -0.25) is 4.79 Å². The predicted molar refractivity (Wildman–Crippen MR) is 49.0 cm³/mol. The van der Waals surface area contributed by atoms with E-state index in [0.717, 1.165) is 5.56 Å². The highest BCUT2D eigenvalue weighted by Crippen LogP contribution is 2.09. The molecule has 0 amide bonds. The van der Waals surface area contributed by atoms with Crippen molar-refractivity contribution >= 4 is 17.4 Å². The molecule has 1 nitrogen and oxygen atoms in total. The van der Waals surface area contributed by atoms with Gasteiger partial charge in [0.05, 0.1) is 0 Å². The number of terminal acetylenes is 1. The van der Waals surface area contributed by atoms with Crippen molar-refractivity contribution in [3.63, 3.8) is 0 Å². The third-order valence-electron chi connectivity index (χ3n) is 1.44. The zero-order chi connectivity index (χ0) is 8.97. The Kier molecular flexibility index (Phi) is 2.90. The van der Waals surface area contributed by atoms with Crippen LogP contribution < -0.4 is 0 Å². The lowest BCUT2D eigenvalue weighted by Crippen LogP contribution is -1.97. The standard InChI is InChI=1S/C10H7ClO/c1-2-10(12)7-8-3-5-9(11)6-4-8/h1,3-6H,7H2. The molecule has 0 radical (unpaired) electrons. The summed E-state index contributed by atoms with van der Waals surface area (Å²) in [5, 5.41) is 0.659. The van der Waals surface area contributed by atoms with Gasteiger partial charge < -0.3 is 0 Å². The fourth-order valence-electron chi connectivity index (χ4n) is 0.839. The summed E-state index contributed by atoms with van der Waals surface area (Å²) in [6.07, 6.45) is 5.21. The molecular weight excluding hydrogens is 172 g/mol. The average Bonchev–Trinajstić information content (AvgIpc) is 2.09. The molecule has 60 valence electrons. The number of hydrogen-bond donors (Lipinski definition) is 0. The van der Waals surface area contributed by atoms with Crippen molar-refractivity contribution < 1.29 is 4.79 Å². The molecule has 0 N–H and O–H groups in total. The van der Waals surface area contributed by atoms with Crippen LogP contribution in [0, 0.1) is 12.3 Å². The molecule has 1 aromatic rings. The summed E-state index contributed by atoms with van der Waals surface area (Å²) in [4.78, 5) is 10.8. The number of benzene rings is 1. The van der Waals surface area contributed by atoms with Crippen molar-refractivity contribution in [3.8, 4) is 12.3 Å². The lowest BCUT2D eigenvalue weighted by Gasteiger charge is -1.95. The Morgan fingerprint density at radius 1 is 1.42 bits per heavy atom. The number of ketones is 1. The number of Topliss-reactive ketones (excluding diaryl/α,β-unsaturated/α-hetero) is 1. The molecule has 0 fully saturated rings. The first-order valence-electron chi connectivity index (χ1n) is 3.46. The number of carbonyl (C=O) groups excluding carboxylic acids is 1. The van der Waals surface area contributed by atoms with E-state index in [1.54, 1.807) is 24.3 Å². The molecule has 0 aromatic heterocycles. The molecule has 0 unspecified atom stereocenters. The summed E-state index contributed by atoms with van der Waals surface area (Å²) in [6.45, 7) is 0. The van der Waals surface area contributed by atoms with Gasteiger partial charge in [-0.25, -0.2) is 0 Å². The minimum Gasteiger partial charge on any atom is -0.285 e. The highest BCUT2D eigenvalue weighted by Gasteiger charge is 1.98. The Balaban J connectivity index is 2.73. The van der Waals surface area contributed by atoms with Gasteiger partial charge in [0.15, 0.2) is 0 Å². The topological polar surface area (TPSA) is 17.1 Å². The van der Waals surface area contributed by atoms with Crippen molar-refractivity contribution in [2.45, 2.75) is 6.42 Å². The maximum atomic E-state index is 10.8. The minimum atomic E-state index is -0.211. The van der Waals surface area contributed by atoms with Gasteiger partial charge in [0.25, 0.3) is 0 Å². The molecule has 0 aliphatic carbocycles. The number of hydrogen-bond acceptors (Lipinski definition) is 1. The molecule has 0 spiro atoms. The van der Waals surface area contributed by atoms with Crippen LogP contribution in [-0.2, 0) is 11.2 Å². The van der Waals surface area contributed by atoms with Crippen LogP contribution >= 0.6 is 11.6 Å². The molecule has 1 rings (SSSR count). The van der Waals surface area contributed by atoms with E-state index in [-0.39, 0.29) is 12.2 Å². The first-order chi connectivity index (χ1) is 5.72. The number of halogens is 1. The van der Waals surface area contributed by atoms with Crippen LogP contribution in [0.3, 0.4) is 0 Å². The average molecular weight is 179 g/mol. The van der Waals surface area contributed by atoms with E-state index in [1.165, 1.54) is 0 Å². The quantitative estimate of drug-likeness (QED) is 0.501. The summed E-state index contributed by atoms with van der Waals surface area (Å²) in [6, 6.07) is 7.05. The highest BCUT2D eigenvalue weighted by atomic mass is 35.5. The molecule has 0 aliphatic heterocycles. The van der Waals surface area contributed by atoms with E-state index in [4.69, 9.17) is 18.0 Å². The van der Waals surface area contributed by atoms with E-state index in [0.29, 0.717) is 5.02 Å². The van der Waals surface area contributed by atoms with Gasteiger partial charge in [-0.15, -0.1) is 6.42 Å². The van der Waals surface area contributed by atoms with Crippen LogP contribution in [0.5, 0.6) is 0 Å². The van der Waals surface area contributed by atoms with Crippen molar-refractivity contribution in [3.05, 3.63) is 34.9 Å². The summed E-state index contributed by atoms with van der Waals surface area (Å²) >= 11 is 5.66. The molecule has 12 heavy (non-hydrogen) atoms. The van der Waals surface area contributed by atoms with Crippen LogP contribution in [0.15, 0.2) is 24.3 Å². The monoisotopic (exact) mass is 178 g/mol. The Morgan fingerprint density at radius 2 is 2.00 bits per heavy atom. The zero-order valence-corrected chi connectivity index (χ0v) is 7.14. The van der Waals surface area contributed by atoms with E-state index in [9.17, 15) is 4.79 Å². The summed E-state index contributed by atoms with van der Waals surface area (Å²) in [5.41, 5.74) is 0.891. The Morgan fingerprint density at radius 3 is 2.50 bits per heavy atom. The molecule has 0 atom stereocenters. The Bertz CT molecular complexity index is 319. The zero-order valence-electron chi connectivity index (χ0n) is 6.38. The second-order valence-electron chi connectivity index (χ2n) is 2.37. The van der Waals surface area contributed by atoms with Gasteiger partial charge in [0, 0.05) is 11.4 Å². The maximum Gasteiger partial charge on any atom is 0.209 e. The molecule has 1 aromatic carbocycles. The number of rotatable bonds is 2. The summed E-state index contributed by atoms with van der Waals surface area (Å²) < 4.78 is 0. The molecule has 0 saturated carbocycles. The second-order valence-corrected chi connectivity index (χ2v) is 2.81. The molecular formula is C10H7ClO. The highest BCUT2D eigenvalue weighted by molar-refractivity contribution is 6.30. The van der Waals surface area contributed by atoms with Crippen LogP contribution in [0.4, 0.5) is 0 Å². The molecule has 0 bridgehead atoms. The smallest absolute Gasteiger partial charge is 0.209 e. The van der Waals surface area contributed by atoms with Gasteiger partial charge in [0.2, 0.25) is 5.78 Å². The maximum absolute atomic E-state index is 10.8. The van der Waals surface area contributed by atoms with Gasteiger partial charge in [-0.2, -0.15) is 0 Å². The van der Waals surface area contributed by atoms with Crippen LogP contribution in [0.25, 0.3) is 0 Å². The summed E-state index contributed by atoms with van der Waals surface area (Å²) in [5.74, 6) is 1.85. The van der Waals surface area contributed by atoms with E-state index >= 15 is 0 Å². The first kappa shape index (κ1) is 8.83. The second kappa shape index (κ2) is 3.94. The molecule has 2 heteroatoms. The fraction of sp³-hybridized carbons (Fsp3) is 0.100. The van der Waals surface area contributed by atoms with Crippen molar-refractivity contribution in [2.24, 2.45) is 0 Å². The SMILES string of the molecule is C#CC(=O)Cc1ccc(Cl)cc1. The molecule has 0 saturated heterocycles. The van der Waals surface area contributed by atoms with E-state index in [2.05, 4.69) is 5.92 Å². The lowest BCUT2D eigenvalue weighted by atomic mass is 10.1. The van der Waals surface area contributed by atoms with Crippen LogP contribution in [0.2, 0.25) is 5.02 Å². The predicted octanol–water partition coefficient (Wildman–Crippen LogP) is 2.08. The van der Waals surface area contributed by atoms with Gasteiger partial charge in [0.1, 0.15) is 0 Å². The third kappa shape index (κ3) is 2.41. The molecule has 0 aliphatic rings.